The fourth-order valence-corrected chi connectivity index (χ4v) is 4.39. The van der Waals surface area contributed by atoms with Crippen molar-refractivity contribution in [3.05, 3.63) is 29.8 Å². The van der Waals surface area contributed by atoms with Crippen molar-refractivity contribution < 1.29 is 9.59 Å². The summed E-state index contributed by atoms with van der Waals surface area (Å²) in [5.74, 6) is 0.150. The van der Waals surface area contributed by atoms with Gasteiger partial charge in [0.25, 0.3) is 5.91 Å². The van der Waals surface area contributed by atoms with E-state index in [4.69, 9.17) is 0 Å². The molecule has 1 aromatic carbocycles. The highest BCUT2D eigenvalue weighted by Crippen LogP contribution is 2.30. The maximum absolute atomic E-state index is 12.7. The summed E-state index contributed by atoms with van der Waals surface area (Å²) in [6.07, 6.45) is 9.95. The van der Waals surface area contributed by atoms with Crippen LogP contribution in [0.25, 0.3) is 0 Å². The minimum atomic E-state index is -0.0306. The number of nitrogens with one attached hydrogen (secondary N) is 1. The molecule has 1 saturated carbocycles. The van der Waals surface area contributed by atoms with E-state index in [1.165, 1.54) is 25.7 Å². The summed E-state index contributed by atoms with van der Waals surface area (Å²) in [5, 5.41) is 3.17. The second-order valence-corrected chi connectivity index (χ2v) is 8.27. The number of carbonyl (C=O) groups is 2. The highest BCUT2D eigenvalue weighted by atomic mass is 16.2. The molecule has 0 atom stereocenters. The summed E-state index contributed by atoms with van der Waals surface area (Å²) in [7, 11) is 4.25. The Labute approximate surface area is 163 Å². The molecule has 148 valence electrons. The molecular formula is C22H33N3O2. The van der Waals surface area contributed by atoms with Gasteiger partial charge >= 0.3 is 0 Å². The topological polar surface area (TPSA) is 52.7 Å². The maximum Gasteiger partial charge on any atom is 0.251 e. The zero-order valence-electron chi connectivity index (χ0n) is 16.8. The molecule has 2 aliphatic rings. The molecule has 27 heavy (non-hydrogen) atoms. The lowest BCUT2D eigenvalue weighted by molar-refractivity contribution is -0.119. The van der Waals surface area contributed by atoms with Crippen molar-refractivity contribution in [2.24, 2.45) is 0 Å². The van der Waals surface area contributed by atoms with Gasteiger partial charge in [-0.1, -0.05) is 25.7 Å². The second kappa shape index (κ2) is 8.87. The molecule has 5 nitrogen and oxygen atoms in total. The number of hydrogen-bond donors (Lipinski definition) is 1. The third-order valence-electron chi connectivity index (χ3n) is 6.33. The van der Waals surface area contributed by atoms with Crippen LogP contribution in [0, 0.1) is 0 Å². The minimum Gasteiger partial charge on any atom is -0.350 e. The first-order valence-corrected chi connectivity index (χ1v) is 10.4. The Morgan fingerprint density at radius 3 is 2.30 bits per heavy atom. The quantitative estimate of drug-likeness (QED) is 0.805. The number of nitrogens with zero attached hydrogens (tertiary/aromatic N) is 2. The zero-order chi connectivity index (χ0) is 19.3. The highest BCUT2D eigenvalue weighted by Gasteiger charge is 2.33. The van der Waals surface area contributed by atoms with Crippen molar-refractivity contribution in [2.45, 2.75) is 63.3 Å². The Hall–Kier alpha value is -1.88. The molecule has 0 spiro atoms. The smallest absolute Gasteiger partial charge is 0.251 e. The third-order valence-corrected chi connectivity index (χ3v) is 6.33. The monoisotopic (exact) mass is 371 g/mol. The lowest BCUT2D eigenvalue weighted by Gasteiger charge is -2.39. The first kappa shape index (κ1) is 19.9. The molecule has 0 bridgehead atoms. The van der Waals surface area contributed by atoms with Crippen LogP contribution in [0.2, 0.25) is 0 Å². The molecule has 0 radical (unpaired) electrons. The minimum absolute atomic E-state index is 0.0306. The van der Waals surface area contributed by atoms with Crippen LogP contribution in [0.4, 0.5) is 5.69 Å². The van der Waals surface area contributed by atoms with E-state index in [1.807, 2.05) is 29.2 Å². The van der Waals surface area contributed by atoms with Crippen molar-refractivity contribution in [3.63, 3.8) is 0 Å². The Morgan fingerprint density at radius 2 is 1.70 bits per heavy atom. The summed E-state index contributed by atoms with van der Waals surface area (Å²) in [6, 6.07) is 7.46. The van der Waals surface area contributed by atoms with Crippen molar-refractivity contribution in [2.75, 3.05) is 32.1 Å². The van der Waals surface area contributed by atoms with Gasteiger partial charge in [-0.25, -0.2) is 0 Å². The van der Waals surface area contributed by atoms with Gasteiger partial charge in [-0.15, -0.1) is 0 Å². The Morgan fingerprint density at radius 1 is 1.04 bits per heavy atom. The first-order valence-electron chi connectivity index (χ1n) is 10.4. The lowest BCUT2D eigenvalue weighted by atomic mass is 9.88. The first-order chi connectivity index (χ1) is 13.0. The second-order valence-electron chi connectivity index (χ2n) is 8.27. The van der Waals surface area contributed by atoms with Gasteiger partial charge in [0.2, 0.25) is 5.91 Å². The molecule has 1 heterocycles. The molecule has 5 heteroatoms. The average molecular weight is 372 g/mol. The van der Waals surface area contributed by atoms with Crippen LogP contribution in [0.1, 0.15) is 68.1 Å². The maximum atomic E-state index is 12.7. The Bertz CT molecular complexity index is 646. The molecule has 0 unspecified atom stereocenters. The molecule has 2 amide bonds. The molecule has 1 N–H and O–H groups in total. The number of rotatable bonds is 5. The van der Waals surface area contributed by atoms with Crippen LogP contribution in [0.3, 0.4) is 0 Å². The van der Waals surface area contributed by atoms with Gasteiger partial charge in [0, 0.05) is 36.3 Å². The zero-order valence-corrected chi connectivity index (χ0v) is 16.8. The highest BCUT2D eigenvalue weighted by molar-refractivity contribution is 5.97. The number of amides is 2. The van der Waals surface area contributed by atoms with Gasteiger partial charge < -0.3 is 15.1 Å². The van der Waals surface area contributed by atoms with E-state index in [0.717, 1.165) is 37.9 Å². The van der Waals surface area contributed by atoms with Crippen molar-refractivity contribution in [3.8, 4) is 0 Å². The fourth-order valence-electron chi connectivity index (χ4n) is 4.39. The van der Waals surface area contributed by atoms with Crippen molar-refractivity contribution in [1.29, 1.82) is 0 Å². The third kappa shape index (κ3) is 4.70. The summed E-state index contributed by atoms with van der Waals surface area (Å²) < 4.78 is 0. The van der Waals surface area contributed by atoms with Gasteiger partial charge in [0.05, 0.1) is 0 Å². The summed E-state index contributed by atoms with van der Waals surface area (Å²) >= 11 is 0. The number of benzene rings is 1. The van der Waals surface area contributed by atoms with Crippen LogP contribution in [-0.2, 0) is 4.79 Å². The Balaban J connectivity index is 1.62. The molecule has 1 aliphatic heterocycles. The van der Waals surface area contributed by atoms with Crippen molar-refractivity contribution >= 4 is 17.5 Å². The van der Waals surface area contributed by atoms with Crippen molar-refractivity contribution in [1.82, 2.24) is 10.2 Å². The average Bonchev–Trinajstić information content (AvgIpc) is 2.93. The van der Waals surface area contributed by atoms with Crippen LogP contribution in [-0.4, -0.2) is 49.4 Å². The SMILES string of the molecule is CN(C)C1(CNC(=O)c2ccc(N3CCCCC3=O)cc2)CCCCCC1. The molecule has 3 rings (SSSR count). The van der Waals surface area contributed by atoms with E-state index in [2.05, 4.69) is 24.3 Å². The summed E-state index contributed by atoms with van der Waals surface area (Å²) in [6.45, 7) is 1.46. The number of hydrogen-bond acceptors (Lipinski definition) is 3. The number of likely N-dealkylation sites (N-methyl/N-ethyl adjacent to an activating group) is 1. The molecular weight excluding hydrogens is 338 g/mol. The standard InChI is InChI=1S/C22H33N3O2/c1-24(2)22(14-6-3-4-7-15-22)17-23-21(27)18-10-12-19(13-11-18)25-16-8-5-9-20(25)26/h10-13H,3-9,14-17H2,1-2H3,(H,23,27). The predicted molar refractivity (Wildman–Crippen MR) is 109 cm³/mol. The van der Waals surface area contributed by atoms with E-state index in [0.29, 0.717) is 18.5 Å². The normalized spacial score (nSPS) is 20.4. The molecule has 1 aliphatic carbocycles. The fraction of sp³-hybridized carbons (Fsp3) is 0.636. The van der Waals surface area contributed by atoms with E-state index < -0.39 is 0 Å². The van der Waals surface area contributed by atoms with Crippen LogP contribution in [0.15, 0.2) is 24.3 Å². The van der Waals surface area contributed by atoms with E-state index in [1.54, 1.807) is 0 Å². The molecule has 0 aromatic heterocycles. The van der Waals surface area contributed by atoms with E-state index in [-0.39, 0.29) is 17.4 Å². The van der Waals surface area contributed by atoms with Gasteiger partial charge in [-0.2, -0.15) is 0 Å². The van der Waals surface area contributed by atoms with Gasteiger partial charge in [-0.05, 0) is 64.0 Å². The number of piperidine rings is 1. The van der Waals surface area contributed by atoms with Gasteiger partial charge in [0.1, 0.15) is 0 Å². The molecule has 1 aromatic rings. The summed E-state index contributed by atoms with van der Waals surface area (Å²) in [4.78, 5) is 28.9. The Kier molecular flexibility index (Phi) is 6.53. The number of carbonyl (C=O) groups excluding carboxylic acids is 2. The largest absolute Gasteiger partial charge is 0.350 e. The predicted octanol–water partition coefficient (Wildman–Crippen LogP) is 3.59. The molecule has 2 fully saturated rings. The van der Waals surface area contributed by atoms with Gasteiger partial charge in [0.15, 0.2) is 0 Å². The van der Waals surface area contributed by atoms with E-state index >= 15 is 0 Å². The molecule has 1 saturated heterocycles. The number of anilines is 1. The van der Waals surface area contributed by atoms with E-state index in [9.17, 15) is 9.59 Å². The van der Waals surface area contributed by atoms with Gasteiger partial charge in [-0.3, -0.25) is 9.59 Å². The van der Waals surface area contributed by atoms with Crippen LogP contribution in [0.5, 0.6) is 0 Å². The summed E-state index contributed by atoms with van der Waals surface area (Å²) in [5.41, 5.74) is 1.61. The lowest BCUT2D eigenvalue weighted by Crippen LogP contribution is -2.52. The van der Waals surface area contributed by atoms with Crippen LogP contribution < -0.4 is 10.2 Å². The van der Waals surface area contributed by atoms with Crippen LogP contribution >= 0.6 is 0 Å².